The van der Waals surface area contributed by atoms with Crippen LogP contribution < -0.4 is 20.5 Å². The van der Waals surface area contributed by atoms with Crippen LogP contribution in [0, 0.1) is 5.82 Å². The number of benzene rings is 2. The first-order chi connectivity index (χ1) is 12.6. The normalized spacial score (nSPS) is 11.3. The molecule has 0 radical (unpaired) electrons. The van der Waals surface area contributed by atoms with Crippen LogP contribution in [0.25, 0.3) is 0 Å². The predicted molar refractivity (Wildman–Crippen MR) is 102 cm³/mol. The van der Waals surface area contributed by atoms with Crippen LogP contribution in [-0.2, 0) is 12.8 Å². The zero-order chi connectivity index (χ0) is 18.8. The minimum atomic E-state index is -0.206. The van der Waals surface area contributed by atoms with Gasteiger partial charge >= 0.3 is 0 Å². The van der Waals surface area contributed by atoms with Gasteiger partial charge in [0.15, 0.2) is 17.5 Å². The van der Waals surface area contributed by atoms with Crippen molar-refractivity contribution in [3.8, 4) is 11.5 Å². The summed E-state index contributed by atoms with van der Waals surface area (Å²) in [6, 6.07) is 12.5. The highest BCUT2D eigenvalue weighted by Crippen LogP contribution is 2.27. The summed E-state index contributed by atoms with van der Waals surface area (Å²) in [6.45, 7) is 1.28. The van der Waals surface area contributed by atoms with Crippen LogP contribution in [0.2, 0.25) is 0 Å². The third-order valence-electron chi connectivity index (χ3n) is 3.96. The van der Waals surface area contributed by atoms with Gasteiger partial charge in [-0.15, -0.1) is 0 Å². The number of methoxy groups -OCH3 is 2. The average molecular weight is 359 g/mol. The van der Waals surface area contributed by atoms with Crippen LogP contribution in [0.3, 0.4) is 0 Å². The molecule has 140 valence electrons. The van der Waals surface area contributed by atoms with Crippen LogP contribution in [0.1, 0.15) is 17.5 Å². The molecule has 6 heteroatoms. The number of ether oxygens (including phenoxy) is 2. The number of nitrogens with one attached hydrogen (secondary N) is 1. The van der Waals surface area contributed by atoms with E-state index < -0.39 is 0 Å². The number of aliphatic imine (C=N–C) groups is 1. The van der Waals surface area contributed by atoms with Gasteiger partial charge in [0.05, 0.1) is 14.2 Å². The lowest BCUT2D eigenvalue weighted by Crippen LogP contribution is -2.33. The van der Waals surface area contributed by atoms with Gasteiger partial charge in [-0.1, -0.05) is 18.2 Å². The molecule has 2 rings (SSSR count). The second kappa shape index (κ2) is 10.3. The molecule has 0 heterocycles. The maximum absolute atomic E-state index is 13.1. The first-order valence-electron chi connectivity index (χ1n) is 8.61. The Labute approximate surface area is 154 Å². The smallest absolute Gasteiger partial charge is 0.188 e. The summed E-state index contributed by atoms with van der Waals surface area (Å²) in [7, 11) is 3.24. The molecular formula is C20H26FN3O2. The maximum atomic E-state index is 13.1. The molecule has 0 aliphatic heterocycles. The van der Waals surface area contributed by atoms with Gasteiger partial charge in [0, 0.05) is 13.1 Å². The number of nitrogens with zero attached hydrogens (tertiary/aromatic N) is 1. The van der Waals surface area contributed by atoms with Crippen molar-refractivity contribution in [2.24, 2.45) is 10.7 Å². The monoisotopic (exact) mass is 359 g/mol. The van der Waals surface area contributed by atoms with Gasteiger partial charge in [0.25, 0.3) is 0 Å². The van der Waals surface area contributed by atoms with E-state index in [9.17, 15) is 4.39 Å². The molecule has 0 aromatic heterocycles. The van der Waals surface area contributed by atoms with Crippen molar-refractivity contribution in [1.29, 1.82) is 0 Å². The molecule has 0 atom stereocenters. The van der Waals surface area contributed by atoms with E-state index in [0.29, 0.717) is 30.5 Å². The summed E-state index contributed by atoms with van der Waals surface area (Å²) >= 11 is 0. The van der Waals surface area contributed by atoms with E-state index in [1.807, 2.05) is 24.3 Å². The summed E-state index contributed by atoms with van der Waals surface area (Å²) in [6.07, 6.45) is 2.39. The second-order valence-corrected chi connectivity index (χ2v) is 5.87. The Bertz CT molecular complexity index is 735. The van der Waals surface area contributed by atoms with E-state index in [4.69, 9.17) is 15.2 Å². The molecular weight excluding hydrogens is 333 g/mol. The number of hydrogen-bond acceptors (Lipinski definition) is 3. The average Bonchev–Trinajstić information content (AvgIpc) is 2.65. The lowest BCUT2D eigenvalue weighted by Gasteiger charge is -2.10. The summed E-state index contributed by atoms with van der Waals surface area (Å²) in [4.78, 5) is 4.30. The van der Waals surface area contributed by atoms with Crippen molar-refractivity contribution in [3.05, 3.63) is 59.4 Å². The van der Waals surface area contributed by atoms with Crippen molar-refractivity contribution < 1.29 is 13.9 Å². The third-order valence-corrected chi connectivity index (χ3v) is 3.96. The molecule has 5 nitrogen and oxygen atoms in total. The highest BCUT2D eigenvalue weighted by molar-refractivity contribution is 5.77. The highest BCUT2D eigenvalue weighted by Gasteiger charge is 2.04. The van der Waals surface area contributed by atoms with Gasteiger partial charge < -0.3 is 20.5 Å². The summed E-state index contributed by atoms with van der Waals surface area (Å²) in [5.74, 6) is 1.64. The first kappa shape index (κ1) is 19.6. The second-order valence-electron chi connectivity index (χ2n) is 5.87. The molecule has 0 saturated heterocycles. The lowest BCUT2D eigenvalue weighted by molar-refractivity contribution is 0.354. The molecule has 0 aliphatic carbocycles. The topological polar surface area (TPSA) is 68.9 Å². The molecule has 0 bridgehead atoms. The number of rotatable bonds is 9. The molecule has 3 N–H and O–H groups in total. The molecule has 0 fully saturated rings. The fourth-order valence-electron chi connectivity index (χ4n) is 2.60. The molecule has 0 unspecified atom stereocenters. The molecule has 2 aromatic carbocycles. The van der Waals surface area contributed by atoms with Gasteiger partial charge in [-0.25, -0.2) is 4.39 Å². The van der Waals surface area contributed by atoms with Crippen molar-refractivity contribution in [1.82, 2.24) is 5.32 Å². The van der Waals surface area contributed by atoms with Crippen LogP contribution >= 0.6 is 0 Å². The van der Waals surface area contributed by atoms with Crippen LogP contribution in [0.5, 0.6) is 11.5 Å². The van der Waals surface area contributed by atoms with Gasteiger partial charge in [0.2, 0.25) is 0 Å². The van der Waals surface area contributed by atoms with Crippen molar-refractivity contribution in [2.45, 2.75) is 19.3 Å². The summed E-state index contributed by atoms with van der Waals surface area (Å²) < 4.78 is 23.6. The number of guanidine groups is 1. The molecule has 2 aromatic rings. The zero-order valence-corrected chi connectivity index (χ0v) is 15.3. The SMILES string of the molecule is COc1ccc(CCNC(N)=NCCCc2cccc(F)c2)cc1OC. The highest BCUT2D eigenvalue weighted by atomic mass is 19.1. The lowest BCUT2D eigenvalue weighted by atomic mass is 10.1. The Hall–Kier alpha value is -2.76. The standard InChI is InChI=1S/C20H26FN3O2/c1-25-18-9-8-16(14-19(18)26-2)10-12-24-20(22)23-11-4-6-15-5-3-7-17(21)13-15/h3,5,7-9,13-14H,4,6,10-12H2,1-2H3,(H3,22,23,24). The minimum absolute atomic E-state index is 0.206. The van der Waals surface area contributed by atoms with Gasteiger partial charge in [0.1, 0.15) is 5.82 Å². The van der Waals surface area contributed by atoms with Crippen molar-refractivity contribution >= 4 is 5.96 Å². The van der Waals surface area contributed by atoms with Crippen molar-refractivity contribution in [3.63, 3.8) is 0 Å². The summed E-state index contributed by atoms with van der Waals surface area (Å²) in [5.41, 5.74) is 7.97. The Morgan fingerprint density at radius 2 is 1.81 bits per heavy atom. The Morgan fingerprint density at radius 3 is 2.54 bits per heavy atom. The molecule has 0 spiro atoms. The van der Waals surface area contributed by atoms with E-state index in [-0.39, 0.29) is 5.82 Å². The molecule has 0 saturated carbocycles. The Morgan fingerprint density at radius 1 is 1.04 bits per heavy atom. The maximum Gasteiger partial charge on any atom is 0.188 e. The molecule has 26 heavy (non-hydrogen) atoms. The van der Waals surface area contributed by atoms with Crippen LogP contribution in [-0.4, -0.2) is 33.3 Å². The predicted octanol–water partition coefficient (Wildman–Crippen LogP) is 2.92. The number of halogens is 1. The molecule has 0 amide bonds. The zero-order valence-electron chi connectivity index (χ0n) is 15.3. The number of nitrogens with two attached hydrogens (primary N) is 1. The number of aryl methyl sites for hydroxylation is 1. The Kier molecular flexibility index (Phi) is 7.74. The first-order valence-corrected chi connectivity index (χ1v) is 8.61. The Balaban J connectivity index is 1.71. The van der Waals surface area contributed by atoms with E-state index in [1.54, 1.807) is 26.4 Å². The fraction of sp³-hybridized carbons (Fsp3) is 0.350. The van der Waals surface area contributed by atoms with E-state index in [1.165, 1.54) is 6.07 Å². The molecule has 0 aliphatic rings. The van der Waals surface area contributed by atoms with Crippen LogP contribution in [0.4, 0.5) is 4.39 Å². The quantitative estimate of drug-likeness (QED) is 0.410. The van der Waals surface area contributed by atoms with Gasteiger partial charge in [-0.05, 0) is 54.7 Å². The third kappa shape index (κ3) is 6.27. The van der Waals surface area contributed by atoms with Gasteiger partial charge in [-0.3, -0.25) is 4.99 Å². The number of hydrogen-bond donors (Lipinski definition) is 2. The largest absolute Gasteiger partial charge is 0.493 e. The summed E-state index contributed by atoms with van der Waals surface area (Å²) in [5, 5.41) is 3.10. The minimum Gasteiger partial charge on any atom is -0.493 e. The van der Waals surface area contributed by atoms with Gasteiger partial charge in [-0.2, -0.15) is 0 Å². The van der Waals surface area contributed by atoms with Crippen molar-refractivity contribution in [2.75, 3.05) is 27.3 Å². The van der Waals surface area contributed by atoms with Crippen LogP contribution in [0.15, 0.2) is 47.5 Å². The van der Waals surface area contributed by atoms with E-state index in [2.05, 4.69) is 10.3 Å². The fourth-order valence-corrected chi connectivity index (χ4v) is 2.60. The van der Waals surface area contributed by atoms with E-state index in [0.717, 1.165) is 30.4 Å². The van der Waals surface area contributed by atoms with E-state index >= 15 is 0 Å².